The number of hydrogen-bond acceptors (Lipinski definition) is 1. The normalized spacial score (nSPS) is 13.2. The van der Waals surface area contributed by atoms with Crippen molar-refractivity contribution in [2.24, 2.45) is 0 Å². The summed E-state index contributed by atoms with van der Waals surface area (Å²) >= 11 is 6.16. The van der Waals surface area contributed by atoms with E-state index in [2.05, 4.69) is 41.8 Å². The minimum Gasteiger partial charge on any atom is -0.358 e. The van der Waals surface area contributed by atoms with E-state index < -0.39 is 0 Å². The SMILES string of the molecule is CCO[C@H](CC)n1c2ccccc2c2cc(Cl)ccc21. The zero-order valence-electron chi connectivity index (χ0n) is 11.8. The topological polar surface area (TPSA) is 14.2 Å². The molecule has 0 aliphatic rings. The fourth-order valence-electron chi connectivity index (χ4n) is 2.85. The minimum absolute atomic E-state index is 0.0589. The molecule has 0 fully saturated rings. The molecule has 104 valence electrons. The van der Waals surface area contributed by atoms with Crippen molar-refractivity contribution < 1.29 is 4.74 Å². The van der Waals surface area contributed by atoms with Crippen LogP contribution in [0.3, 0.4) is 0 Å². The fraction of sp³-hybridized carbons (Fsp3) is 0.294. The molecule has 0 amide bonds. The monoisotopic (exact) mass is 287 g/mol. The van der Waals surface area contributed by atoms with Crippen LogP contribution in [0.25, 0.3) is 21.8 Å². The van der Waals surface area contributed by atoms with Gasteiger partial charge in [-0.1, -0.05) is 36.7 Å². The van der Waals surface area contributed by atoms with Gasteiger partial charge in [0, 0.05) is 22.4 Å². The van der Waals surface area contributed by atoms with Gasteiger partial charge >= 0.3 is 0 Å². The second kappa shape index (κ2) is 5.47. The lowest BCUT2D eigenvalue weighted by atomic mass is 10.2. The van der Waals surface area contributed by atoms with Gasteiger partial charge in [0.1, 0.15) is 6.23 Å². The Kier molecular flexibility index (Phi) is 3.68. The molecule has 0 radical (unpaired) electrons. The fourth-order valence-corrected chi connectivity index (χ4v) is 3.03. The third kappa shape index (κ3) is 2.09. The van der Waals surface area contributed by atoms with Crippen molar-refractivity contribution in [2.75, 3.05) is 6.61 Å². The van der Waals surface area contributed by atoms with E-state index in [1.54, 1.807) is 0 Å². The average Bonchev–Trinajstić information content (AvgIpc) is 2.79. The molecule has 1 heterocycles. The average molecular weight is 288 g/mol. The molecule has 3 heteroatoms. The number of nitrogens with zero attached hydrogens (tertiary/aromatic N) is 1. The molecule has 0 N–H and O–H groups in total. The summed E-state index contributed by atoms with van der Waals surface area (Å²) in [7, 11) is 0. The van der Waals surface area contributed by atoms with Crippen molar-refractivity contribution in [2.45, 2.75) is 26.5 Å². The van der Waals surface area contributed by atoms with E-state index in [0.717, 1.165) is 11.4 Å². The van der Waals surface area contributed by atoms with Crippen molar-refractivity contribution in [3.05, 3.63) is 47.5 Å². The summed E-state index contributed by atoms with van der Waals surface area (Å²) in [5.74, 6) is 0. The van der Waals surface area contributed by atoms with Crippen LogP contribution in [0.15, 0.2) is 42.5 Å². The Morgan fingerprint density at radius 1 is 1.05 bits per heavy atom. The highest BCUT2D eigenvalue weighted by Crippen LogP contribution is 2.34. The van der Waals surface area contributed by atoms with Crippen molar-refractivity contribution in [1.29, 1.82) is 0 Å². The van der Waals surface area contributed by atoms with Crippen LogP contribution in [-0.4, -0.2) is 11.2 Å². The van der Waals surface area contributed by atoms with Gasteiger partial charge in [0.05, 0.1) is 11.0 Å². The zero-order valence-corrected chi connectivity index (χ0v) is 12.5. The minimum atomic E-state index is 0.0589. The van der Waals surface area contributed by atoms with Crippen LogP contribution >= 0.6 is 11.6 Å². The number of hydrogen-bond donors (Lipinski definition) is 0. The van der Waals surface area contributed by atoms with Crippen LogP contribution in [0.1, 0.15) is 26.5 Å². The van der Waals surface area contributed by atoms with Gasteiger partial charge in [0.25, 0.3) is 0 Å². The molecular formula is C17H18ClNO. The van der Waals surface area contributed by atoms with E-state index in [4.69, 9.17) is 16.3 Å². The van der Waals surface area contributed by atoms with Gasteiger partial charge in [-0.3, -0.25) is 0 Å². The van der Waals surface area contributed by atoms with E-state index in [1.165, 1.54) is 21.8 Å². The molecule has 0 saturated heterocycles. The number of para-hydroxylation sites is 1. The Labute approximate surface area is 123 Å². The maximum Gasteiger partial charge on any atom is 0.134 e. The van der Waals surface area contributed by atoms with E-state index in [0.29, 0.717) is 6.61 Å². The van der Waals surface area contributed by atoms with Crippen LogP contribution in [0.4, 0.5) is 0 Å². The molecule has 20 heavy (non-hydrogen) atoms. The first-order valence-electron chi connectivity index (χ1n) is 7.06. The molecule has 2 aromatic carbocycles. The first kappa shape index (κ1) is 13.5. The summed E-state index contributed by atoms with van der Waals surface area (Å²) in [6, 6.07) is 14.5. The third-order valence-corrected chi connectivity index (χ3v) is 3.90. The van der Waals surface area contributed by atoms with Crippen molar-refractivity contribution in [1.82, 2.24) is 4.57 Å². The standard InChI is InChI=1S/C17H18ClNO/c1-3-17(20-4-2)19-15-8-6-5-7-13(15)14-11-12(18)9-10-16(14)19/h5-11,17H,3-4H2,1-2H3/t17-/m1/s1. The van der Waals surface area contributed by atoms with Gasteiger partial charge in [-0.05, 0) is 37.6 Å². The molecular weight excluding hydrogens is 270 g/mol. The predicted molar refractivity (Wildman–Crippen MR) is 85.4 cm³/mol. The Hall–Kier alpha value is -1.51. The van der Waals surface area contributed by atoms with Gasteiger partial charge in [-0.2, -0.15) is 0 Å². The van der Waals surface area contributed by atoms with E-state index in [1.807, 2.05) is 19.1 Å². The second-order valence-corrected chi connectivity index (χ2v) is 5.30. The van der Waals surface area contributed by atoms with E-state index >= 15 is 0 Å². The van der Waals surface area contributed by atoms with Gasteiger partial charge in [-0.15, -0.1) is 0 Å². The zero-order chi connectivity index (χ0) is 14.1. The highest BCUT2D eigenvalue weighted by molar-refractivity contribution is 6.31. The summed E-state index contributed by atoms with van der Waals surface area (Å²) in [4.78, 5) is 0. The van der Waals surface area contributed by atoms with Crippen LogP contribution < -0.4 is 0 Å². The van der Waals surface area contributed by atoms with E-state index in [9.17, 15) is 0 Å². The molecule has 3 aromatic rings. The van der Waals surface area contributed by atoms with Crippen LogP contribution in [-0.2, 0) is 4.74 Å². The summed E-state index contributed by atoms with van der Waals surface area (Å²) in [6.45, 7) is 4.89. The number of halogens is 1. The van der Waals surface area contributed by atoms with Crippen LogP contribution in [0.5, 0.6) is 0 Å². The highest BCUT2D eigenvalue weighted by atomic mass is 35.5. The molecule has 1 atom stereocenters. The Morgan fingerprint density at radius 2 is 1.80 bits per heavy atom. The quantitative estimate of drug-likeness (QED) is 0.627. The number of benzene rings is 2. The van der Waals surface area contributed by atoms with Crippen molar-refractivity contribution in [3.63, 3.8) is 0 Å². The molecule has 0 spiro atoms. The van der Waals surface area contributed by atoms with Crippen LogP contribution in [0, 0.1) is 0 Å². The lowest BCUT2D eigenvalue weighted by Gasteiger charge is -2.19. The Balaban J connectivity index is 2.37. The molecule has 1 aromatic heterocycles. The Morgan fingerprint density at radius 3 is 2.55 bits per heavy atom. The number of fused-ring (bicyclic) bond motifs is 3. The summed E-state index contributed by atoms with van der Waals surface area (Å²) in [5, 5.41) is 3.18. The van der Waals surface area contributed by atoms with Crippen molar-refractivity contribution in [3.8, 4) is 0 Å². The van der Waals surface area contributed by atoms with E-state index in [-0.39, 0.29) is 6.23 Å². The largest absolute Gasteiger partial charge is 0.358 e. The molecule has 0 aliphatic carbocycles. The molecule has 3 rings (SSSR count). The molecule has 2 nitrogen and oxygen atoms in total. The first-order valence-corrected chi connectivity index (χ1v) is 7.43. The molecule has 0 aliphatic heterocycles. The van der Waals surface area contributed by atoms with Gasteiger partial charge in [-0.25, -0.2) is 0 Å². The lowest BCUT2D eigenvalue weighted by Crippen LogP contribution is -2.11. The highest BCUT2D eigenvalue weighted by Gasteiger charge is 2.16. The molecule has 0 saturated carbocycles. The lowest BCUT2D eigenvalue weighted by molar-refractivity contribution is 0.0137. The number of ether oxygens (including phenoxy) is 1. The summed E-state index contributed by atoms with van der Waals surface area (Å²) < 4.78 is 8.19. The first-order chi connectivity index (χ1) is 9.76. The third-order valence-electron chi connectivity index (χ3n) is 3.67. The van der Waals surface area contributed by atoms with Crippen molar-refractivity contribution >= 4 is 33.4 Å². The Bertz CT molecular complexity index is 747. The van der Waals surface area contributed by atoms with Gasteiger partial charge in [0.2, 0.25) is 0 Å². The second-order valence-electron chi connectivity index (χ2n) is 4.87. The predicted octanol–water partition coefficient (Wildman–Crippen LogP) is 5.39. The molecule has 0 unspecified atom stereocenters. The maximum absolute atomic E-state index is 6.16. The number of rotatable bonds is 4. The summed E-state index contributed by atoms with van der Waals surface area (Å²) in [6.07, 6.45) is 0.994. The van der Waals surface area contributed by atoms with Crippen LogP contribution in [0.2, 0.25) is 5.02 Å². The maximum atomic E-state index is 6.16. The molecule has 0 bridgehead atoms. The van der Waals surface area contributed by atoms with Gasteiger partial charge < -0.3 is 9.30 Å². The number of aromatic nitrogens is 1. The van der Waals surface area contributed by atoms with Gasteiger partial charge in [0.15, 0.2) is 0 Å². The summed E-state index contributed by atoms with van der Waals surface area (Å²) in [5.41, 5.74) is 2.38. The smallest absolute Gasteiger partial charge is 0.134 e.